The van der Waals surface area contributed by atoms with Crippen LogP contribution < -0.4 is 0 Å². The van der Waals surface area contributed by atoms with Gasteiger partial charge in [0.1, 0.15) is 12.0 Å². The highest BCUT2D eigenvalue weighted by Gasteiger charge is 2.13. The Labute approximate surface area is 55.5 Å². The Bertz CT molecular complexity index is 118. The predicted molar refractivity (Wildman–Crippen MR) is 34.6 cm³/mol. The van der Waals surface area contributed by atoms with E-state index in [1.807, 2.05) is 6.92 Å². The van der Waals surface area contributed by atoms with Crippen molar-refractivity contribution in [1.29, 1.82) is 0 Å². The fourth-order valence-corrected chi connectivity index (χ4v) is 0.797. The molecule has 52 valence electrons. The van der Waals surface area contributed by atoms with Gasteiger partial charge in [-0.3, -0.25) is 0 Å². The lowest BCUT2D eigenvalue weighted by Crippen LogP contribution is -2.06. The molecule has 0 bridgehead atoms. The summed E-state index contributed by atoms with van der Waals surface area (Å²) >= 11 is 0. The van der Waals surface area contributed by atoms with Crippen molar-refractivity contribution in [2.75, 3.05) is 0 Å². The molecule has 0 fully saturated rings. The summed E-state index contributed by atoms with van der Waals surface area (Å²) in [6.07, 6.45) is 3.75. The molecule has 1 aliphatic heterocycles. The smallest absolute Gasteiger partial charge is 0.240 e. The molecule has 0 aromatic rings. The summed E-state index contributed by atoms with van der Waals surface area (Å²) in [4.78, 5) is 0. The van der Waals surface area contributed by atoms with Gasteiger partial charge in [-0.05, 0) is 13.3 Å². The van der Waals surface area contributed by atoms with Gasteiger partial charge >= 0.3 is 0 Å². The summed E-state index contributed by atoms with van der Waals surface area (Å²) in [5, 5.41) is 0. The number of rotatable bonds is 2. The highest BCUT2D eigenvalue weighted by Crippen LogP contribution is 2.16. The molecule has 0 amide bonds. The molecule has 9 heavy (non-hydrogen) atoms. The van der Waals surface area contributed by atoms with Crippen LogP contribution in [-0.2, 0) is 9.47 Å². The first-order valence-corrected chi connectivity index (χ1v) is 3.32. The van der Waals surface area contributed by atoms with Crippen LogP contribution in [0.2, 0.25) is 0 Å². The molecule has 0 aromatic carbocycles. The molecular formula is C7H12O2. The summed E-state index contributed by atoms with van der Waals surface area (Å²) in [5.74, 6) is 0.883. The minimum absolute atomic E-state index is 0.00463. The standard InChI is InChI=1S/C7H12O2/c1-3-4-7-8-5-6(2)9-7/h5,7H,3-4H2,1-2H3. The van der Waals surface area contributed by atoms with Crippen LogP contribution in [-0.4, -0.2) is 6.29 Å². The Morgan fingerprint density at radius 1 is 1.67 bits per heavy atom. The molecule has 0 aromatic heterocycles. The molecule has 2 heteroatoms. The Kier molecular flexibility index (Phi) is 1.98. The lowest BCUT2D eigenvalue weighted by molar-refractivity contribution is -0.0363. The molecule has 0 N–H and O–H groups in total. The zero-order valence-corrected chi connectivity index (χ0v) is 5.89. The topological polar surface area (TPSA) is 18.5 Å². The first-order valence-electron chi connectivity index (χ1n) is 3.32. The second-order valence-corrected chi connectivity index (χ2v) is 2.20. The molecule has 1 atom stereocenters. The average Bonchev–Trinajstić information content (AvgIpc) is 2.17. The summed E-state index contributed by atoms with van der Waals surface area (Å²) < 4.78 is 10.4. The highest BCUT2D eigenvalue weighted by molar-refractivity contribution is 4.86. The monoisotopic (exact) mass is 128 g/mol. The number of ether oxygens (including phenoxy) is 2. The van der Waals surface area contributed by atoms with E-state index in [1.165, 1.54) is 0 Å². The third-order valence-electron chi connectivity index (χ3n) is 1.23. The van der Waals surface area contributed by atoms with Gasteiger partial charge in [0.25, 0.3) is 0 Å². The van der Waals surface area contributed by atoms with Crippen molar-refractivity contribution in [2.45, 2.75) is 33.0 Å². The van der Waals surface area contributed by atoms with Crippen LogP contribution in [0.3, 0.4) is 0 Å². The Morgan fingerprint density at radius 3 is 2.89 bits per heavy atom. The second kappa shape index (κ2) is 2.76. The Morgan fingerprint density at radius 2 is 2.44 bits per heavy atom. The molecular weight excluding hydrogens is 116 g/mol. The fourth-order valence-electron chi connectivity index (χ4n) is 0.797. The maximum Gasteiger partial charge on any atom is 0.240 e. The first kappa shape index (κ1) is 6.46. The van der Waals surface area contributed by atoms with Gasteiger partial charge in [-0.25, -0.2) is 0 Å². The maximum absolute atomic E-state index is 5.24. The number of hydrogen-bond acceptors (Lipinski definition) is 2. The van der Waals surface area contributed by atoms with E-state index in [2.05, 4.69) is 6.92 Å². The second-order valence-electron chi connectivity index (χ2n) is 2.20. The summed E-state index contributed by atoms with van der Waals surface area (Å²) in [7, 11) is 0. The van der Waals surface area contributed by atoms with Gasteiger partial charge in [0.2, 0.25) is 6.29 Å². The minimum Gasteiger partial charge on any atom is -0.459 e. The van der Waals surface area contributed by atoms with E-state index in [1.54, 1.807) is 6.26 Å². The van der Waals surface area contributed by atoms with Crippen LogP contribution in [0.15, 0.2) is 12.0 Å². The van der Waals surface area contributed by atoms with Crippen molar-refractivity contribution < 1.29 is 9.47 Å². The van der Waals surface area contributed by atoms with Crippen molar-refractivity contribution in [1.82, 2.24) is 0 Å². The summed E-state index contributed by atoms with van der Waals surface area (Å²) in [6, 6.07) is 0. The van der Waals surface area contributed by atoms with Crippen molar-refractivity contribution in [2.24, 2.45) is 0 Å². The quantitative estimate of drug-likeness (QED) is 0.566. The van der Waals surface area contributed by atoms with Crippen LogP contribution in [0.4, 0.5) is 0 Å². The van der Waals surface area contributed by atoms with Gasteiger partial charge in [0.15, 0.2) is 0 Å². The molecule has 1 heterocycles. The van der Waals surface area contributed by atoms with Gasteiger partial charge < -0.3 is 9.47 Å². The summed E-state index contributed by atoms with van der Waals surface area (Å²) in [5.41, 5.74) is 0. The molecule has 2 nitrogen and oxygen atoms in total. The van der Waals surface area contributed by atoms with Gasteiger partial charge in [-0.1, -0.05) is 6.92 Å². The first-order chi connectivity index (χ1) is 4.33. The van der Waals surface area contributed by atoms with Gasteiger partial charge in [-0.2, -0.15) is 0 Å². The SMILES string of the molecule is CCCC1OC=C(C)O1. The van der Waals surface area contributed by atoms with Gasteiger partial charge in [-0.15, -0.1) is 0 Å². The molecule has 0 saturated heterocycles. The largest absolute Gasteiger partial charge is 0.459 e. The zero-order valence-electron chi connectivity index (χ0n) is 5.89. The van der Waals surface area contributed by atoms with E-state index in [9.17, 15) is 0 Å². The van der Waals surface area contributed by atoms with E-state index < -0.39 is 0 Å². The predicted octanol–water partition coefficient (Wildman–Crippen LogP) is 2.02. The zero-order chi connectivity index (χ0) is 6.69. The van der Waals surface area contributed by atoms with Crippen LogP contribution >= 0.6 is 0 Å². The van der Waals surface area contributed by atoms with E-state index in [4.69, 9.17) is 9.47 Å². The average molecular weight is 128 g/mol. The third kappa shape index (κ3) is 1.63. The highest BCUT2D eigenvalue weighted by atomic mass is 16.7. The van der Waals surface area contributed by atoms with Gasteiger partial charge in [0.05, 0.1) is 0 Å². The lowest BCUT2D eigenvalue weighted by Gasteiger charge is -2.08. The van der Waals surface area contributed by atoms with E-state index in [-0.39, 0.29) is 6.29 Å². The van der Waals surface area contributed by atoms with Crippen molar-refractivity contribution in [3.8, 4) is 0 Å². The van der Waals surface area contributed by atoms with Crippen molar-refractivity contribution in [3.63, 3.8) is 0 Å². The molecule has 1 rings (SSSR count). The van der Waals surface area contributed by atoms with Crippen LogP contribution in [0.5, 0.6) is 0 Å². The molecule has 1 aliphatic rings. The van der Waals surface area contributed by atoms with Crippen LogP contribution in [0, 0.1) is 0 Å². The Balaban J connectivity index is 2.21. The molecule has 0 aliphatic carbocycles. The molecule has 0 radical (unpaired) electrons. The minimum atomic E-state index is -0.00463. The normalized spacial score (nSPS) is 24.7. The van der Waals surface area contributed by atoms with Crippen molar-refractivity contribution in [3.05, 3.63) is 12.0 Å². The van der Waals surface area contributed by atoms with Crippen LogP contribution in [0.25, 0.3) is 0 Å². The number of hydrogen-bond donors (Lipinski definition) is 0. The molecule has 0 spiro atoms. The van der Waals surface area contributed by atoms with Crippen molar-refractivity contribution >= 4 is 0 Å². The molecule has 0 saturated carbocycles. The lowest BCUT2D eigenvalue weighted by atomic mass is 10.3. The fraction of sp³-hybridized carbons (Fsp3) is 0.714. The molecule has 1 unspecified atom stereocenters. The van der Waals surface area contributed by atoms with Gasteiger partial charge in [0, 0.05) is 6.42 Å². The maximum atomic E-state index is 5.24. The number of allylic oxidation sites excluding steroid dienone is 1. The van der Waals surface area contributed by atoms with Crippen LogP contribution in [0.1, 0.15) is 26.7 Å². The summed E-state index contributed by atoms with van der Waals surface area (Å²) in [6.45, 7) is 4.01. The van der Waals surface area contributed by atoms with E-state index >= 15 is 0 Å². The van der Waals surface area contributed by atoms with E-state index in [0.29, 0.717) is 0 Å². The Hall–Kier alpha value is -0.660. The third-order valence-corrected chi connectivity index (χ3v) is 1.23. The van der Waals surface area contributed by atoms with E-state index in [0.717, 1.165) is 18.6 Å².